The molecule has 20 heavy (non-hydrogen) atoms. The van der Waals surface area contributed by atoms with Gasteiger partial charge < -0.3 is 11.1 Å². The highest BCUT2D eigenvalue weighted by molar-refractivity contribution is 5.43. The summed E-state index contributed by atoms with van der Waals surface area (Å²) in [6.07, 6.45) is -4.36. The fourth-order valence-electron chi connectivity index (χ4n) is 1.63. The average Bonchev–Trinajstić information content (AvgIpc) is 2.68. The van der Waals surface area contributed by atoms with Gasteiger partial charge in [-0.2, -0.15) is 22.8 Å². The van der Waals surface area contributed by atoms with Gasteiger partial charge in [-0.15, -0.1) is 5.10 Å². The maximum Gasteiger partial charge on any atom is 0.416 e. The lowest BCUT2D eigenvalue weighted by Crippen LogP contribution is -2.11. The van der Waals surface area contributed by atoms with Crippen LogP contribution in [0.3, 0.4) is 0 Å². The number of alkyl halides is 3. The number of nitrogen functional groups attached to an aromatic ring is 1. The van der Waals surface area contributed by atoms with Gasteiger partial charge >= 0.3 is 6.18 Å². The minimum atomic E-state index is -4.36. The molecule has 0 aliphatic heterocycles. The van der Waals surface area contributed by atoms with E-state index in [-0.39, 0.29) is 12.0 Å². The maximum atomic E-state index is 12.5. The fraction of sp³-hybridized carbons (Fsp3) is 0.333. The molecule has 0 aliphatic carbocycles. The van der Waals surface area contributed by atoms with Crippen molar-refractivity contribution in [3.63, 3.8) is 0 Å². The predicted octanol–water partition coefficient (Wildman–Crippen LogP) is 2.69. The van der Waals surface area contributed by atoms with Gasteiger partial charge in [-0.05, 0) is 38.1 Å². The van der Waals surface area contributed by atoms with Crippen molar-refractivity contribution < 1.29 is 13.2 Å². The van der Waals surface area contributed by atoms with Crippen molar-refractivity contribution in [2.75, 3.05) is 11.1 Å². The fourth-order valence-corrected chi connectivity index (χ4v) is 1.63. The standard InChI is InChI=1S/C12H14F3N5/c1-7(2)17-11-18-10(16)20(19-11)9-5-3-8(4-6-9)12(13,14)15/h3-7H,1-2H3,(H3,16,17,18,19). The zero-order valence-electron chi connectivity index (χ0n) is 10.9. The molecule has 108 valence electrons. The van der Waals surface area contributed by atoms with E-state index < -0.39 is 11.7 Å². The Kier molecular flexibility index (Phi) is 3.56. The molecule has 1 aromatic carbocycles. The van der Waals surface area contributed by atoms with Crippen molar-refractivity contribution in [3.8, 4) is 5.69 Å². The number of nitrogens with two attached hydrogens (primary N) is 1. The number of halogens is 3. The summed E-state index contributed by atoms with van der Waals surface area (Å²) in [6.45, 7) is 3.82. The summed E-state index contributed by atoms with van der Waals surface area (Å²) in [5.41, 5.74) is 5.39. The number of benzene rings is 1. The molecule has 0 bridgehead atoms. The van der Waals surface area contributed by atoms with E-state index in [0.29, 0.717) is 11.6 Å². The number of nitrogens with one attached hydrogen (secondary N) is 1. The third-order valence-electron chi connectivity index (χ3n) is 2.49. The van der Waals surface area contributed by atoms with Crippen LogP contribution >= 0.6 is 0 Å². The Morgan fingerprint density at radius 2 is 1.80 bits per heavy atom. The Morgan fingerprint density at radius 3 is 2.30 bits per heavy atom. The predicted molar refractivity (Wildman–Crippen MR) is 69.5 cm³/mol. The molecule has 0 spiro atoms. The van der Waals surface area contributed by atoms with Crippen LogP contribution in [-0.2, 0) is 6.18 Å². The highest BCUT2D eigenvalue weighted by Gasteiger charge is 2.30. The normalized spacial score (nSPS) is 11.9. The van der Waals surface area contributed by atoms with E-state index >= 15 is 0 Å². The highest BCUT2D eigenvalue weighted by Crippen LogP contribution is 2.29. The van der Waals surface area contributed by atoms with Crippen molar-refractivity contribution >= 4 is 11.9 Å². The van der Waals surface area contributed by atoms with E-state index in [0.717, 1.165) is 12.1 Å². The summed E-state index contributed by atoms with van der Waals surface area (Å²) in [4.78, 5) is 3.99. The minimum absolute atomic E-state index is 0.105. The van der Waals surface area contributed by atoms with Crippen LogP contribution < -0.4 is 11.1 Å². The Hall–Kier alpha value is -2.25. The van der Waals surface area contributed by atoms with Crippen LogP contribution in [0.4, 0.5) is 25.1 Å². The third-order valence-corrected chi connectivity index (χ3v) is 2.49. The Morgan fingerprint density at radius 1 is 1.20 bits per heavy atom. The molecule has 3 N–H and O–H groups in total. The second kappa shape index (κ2) is 5.03. The maximum absolute atomic E-state index is 12.5. The molecule has 0 amide bonds. The third kappa shape index (κ3) is 3.01. The minimum Gasteiger partial charge on any atom is -0.368 e. The summed E-state index contributed by atoms with van der Waals surface area (Å²) >= 11 is 0. The van der Waals surface area contributed by atoms with Crippen molar-refractivity contribution in [1.29, 1.82) is 0 Å². The first-order chi connectivity index (χ1) is 9.27. The molecule has 1 aromatic heterocycles. The van der Waals surface area contributed by atoms with Gasteiger partial charge in [-0.1, -0.05) is 0 Å². The monoisotopic (exact) mass is 285 g/mol. The van der Waals surface area contributed by atoms with Crippen LogP contribution in [0.2, 0.25) is 0 Å². The van der Waals surface area contributed by atoms with Crippen molar-refractivity contribution in [2.45, 2.75) is 26.1 Å². The highest BCUT2D eigenvalue weighted by atomic mass is 19.4. The zero-order chi connectivity index (χ0) is 14.9. The molecule has 2 rings (SSSR count). The molecule has 0 radical (unpaired) electrons. The molecule has 1 heterocycles. The molecular weight excluding hydrogens is 271 g/mol. The second-order valence-corrected chi connectivity index (χ2v) is 4.55. The molecular formula is C12H14F3N5. The zero-order valence-corrected chi connectivity index (χ0v) is 10.9. The van der Waals surface area contributed by atoms with E-state index in [1.54, 1.807) is 0 Å². The van der Waals surface area contributed by atoms with Crippen LogP contribution in [0, 0.1) is 0 Å². The van der Waals surface area contributed by atoms with Gasteiger partial charge in [0, 0.05) is 6.04 Å². The summed E-state index contributed by atoms with van der Waals surface area (Å²) < 4.78 is 38.7. The van der Waals surface area contributed by atoms with E-state index in [1.165, 1.54) is 16.8 Å². The van der Waals surface area contributed by atoms with Crippen molar-refractivity contribution in [2.24, 2.45) is 0 Å². The smallest absolute Gasteiger partial charge is 0.368 e. The number of aromatic nitrogens is 3. The molecule has 2 aromatic rings. The quantitative estimate of drug-likeness (QED) is 0.909. The summed E-state index contributed by atoms with van der Waals surface area (Å²) in [7, 11) is 0. The van der Waals surface area contributed by atoms with E-state index in [9.17, 15) is 13.2 Å². The summed E-state index contributed by atoms with van der Waals surface area (Å²) in [5.74, 6) is 0.435. The van der Waals surface area contributed by atoms with Crippen molar-refractivity contribution in [3.05, 3.63) is 29.8 Å². The summed E-state index contributed by atoms with van der Waals surface area (Å²) in [5, 5.41) is 7.07. The largest absolute Gasteiger partial charge is 0.416 e. The lowest BCUT2D eigenvalue weighted by Gasteiger charge is -2.08. The Bertz CT molecular complexity index is 586. The number of hydrogen-bond acceptors (Lipinski definition) is 4. The molecule has 0 fully saturated rings. The number of hydrogen-bond donors (Lipinski definition) is 2. The van der Waals surface area contributed by atoms with Crippen molar-refractivity contribution in [1.82, 2.24) is 14.8 Å². The van der Waals surface area contributed by atoms with Gasteiger partial charge in [0.15, 0.2) is 0 Å². The molecule has 0 atom stereocenters. The van der Waals surface area contributed by atoms with E-state index in [2.05, 4.69) is 15.4 Å². The number of rotatable bonds is 3. The van der Waals surface area contributed by atoms with Gasteiger partial charge in [0.1, 0.15) is 0 Å². The number of anilines is 2. The topological polar surface area (TPSA) is 68.8 Å². The van der Waals surface area contributed by atoms with Crippen LogP contribution in [0.25, 0.3) is 5.69 Å². The molecule has 5 nitrogen and oxygen atoms in total. The average molecular weight is 285 g/mol. The van der Waals surface area contributed by atoms with Gasteiger partial charge in [0.25, 0.3) is 0 Å². The van der Waals surface area contributed by atoms with Crippen LogP contribution in [0.1, 0.15) is 19.4 Å². The van der Waals surface area contributed by atoms with Gasteiger partial charge in [-0.25, -0.2) is 0 Å². The lowest BCUT2D eigenvalue weighted by molar-refractivity contribution is -0.137. The van der Waals surface area contributed by atoms with Gasteiger partial charge in [-0.3, -0.25) is 0 Å². The first-order valence-electron chi connectivity index (χ1n) is 5.94. The van der Waals surface area contributed by atoms with E-state index in [1.807, 2.05) is 13.8 Å². The van der Waals surface area contributed by atoms with Crippen LogP contribution in [-0.4, -0.2) is 20.8 Å². The first-order valence-corrected chi connectivity index (χ1v) is 5.94. The first kappa shape index (κ1) is 14.2. The van der Waals surface area contributed by atoms with Crippen LogP contribution in [0.15, 0.2) is 24.3 Å². The Labute approximate surface area is 113 Å². The molecule has 0 unspecified atom stereocenters. The lowest BCUT2D eigenvalue weighted by atomic mass is 10.2. The number of nitrogens with zero attached hydrogens (tertiary/aromatic N) is 3. The van der Waals surface area contributed by atoms with Gasteiger partial charge in [0.2, 0.25) is 11.9 Å². The summed E-state index contributed by atoms with van der Waals surface area (Å²) in [6, 6.07) is 4.68. The second-order valence-electron chi connectivity index (χ2n) is 4.55. The molecule has 0 saturated carbocycles. The van der Waals surface area contributed by atoms with Gasteiger partial charge in [0.05, 0.1) is 11.3 Å². The molecule has 8 heteroatoms. The molecule has 0 saturated heterocycles. The SMILES string of the molecule is CC(C)Nc1nc(N)n(-c2ccc(C(F)(F)F)cc2)n1. The van der Waals surface area contributed by atoms with E-state index in [4.69, 9.17) is 5.73 Å². The Balaban J connectivity index is 2.30. The molecule has 0 aliphatic rings. The van der Waals surface area contributed by atoms with Crippen LogP contribution in [0.5, 0.6) is 0 Å².